The van der Waals surface area contributed by atoms with Crippen molar-refractivity contribution in [3.05, 3.63) is 76.3 Å². The Bertz CT molecular complexity index is 1100. The van der Waals surface area contributed by atoms with Gasteiger partial charge in [-0.1, -0.05) is 67.1 Å². The van der Waals surface area contributed by atoms with E-state index in [1.807, 2.05) is 74.5 Å². The maximum Gasteiger partial charge on any atom is 0.261 e. The molecule has 0 unspecified atom stereocenters. The normalized spacial score (nSPS) is 11.8. The van der Waals surface area contributed by atoms with Crippen LogP contribution in [0.25, 0.3) is 10.8 Å². The topological polar surface area (TPSA) is 58.6 Å². The SMILES string of the molecule is CCCNC(=O)[C@H](C)N(Cc1cccc(C)c1)C(=O)COc1ccc2ccccc2c1Br. The van der Waals surface area contributed by atoms with Crippen molar-refractivity contribution in [3.63, 3.8) is 0 Å². The van der Waals surface area contributed by atoms with Gasteiger partial charge < -0.3 is 15.0 Å². The number of hydrogen-bond donors (Lipinski definition) is 1. The van der Waals surface area contributed by atoms with E-state index < -0.39 is 6.04 Å². The van der Waals surface area contributed by atoms with E-state index >= 15 is 0 Å². The number of fused-ring (bicyclic) bond motifs is 1. The molecule has 0 aliphatic carbocycles. The molecule has 6 heteroatoms. The predicted octanol–water partition coefficient (Wildman–Crippen LogP) is 5.23. The van der Waals surface area contributed by atoms with Crippen molar-refractivity contribution in [3.8, 4) is 5.75 Å². The van der Waals surface area contributed by atoms with Crippen LogP contribution in [0, 0.1) is 6.92 Å². The van der Waals surface area contributed by atoms with Crippen molar-refractivity contribution in [2.24, 2.45) is 0 Å². The quantitative estimate of drug-likeness (QED) is 0.440. The third-order valence-electron chi connectivity index (χ3n) is 5.33. The van der Waals surface area contributed by atoms with Gasteiger partial charge in [0.05, 0.1) is 4.47 Å². The van der Waals surface area contributed by atoms with Gasteiger partial charge in [0, 0.05) is 13.1 Å². The molecule has 0 bridgehead atoms. The number of benzene rings is 3. The fourth-order valence-electron chi connectivity index (χ4n) is 3.53. The highest BCUT2D eigenvalue weighted by Crippen LogP contribution is 2.33. The van der Waals surface area contributed by atoms with E-state index in [4.69, 9.17) is 4.74 Å². The monoisotopic (exact) mass is 496 g/mol. The maximum absolute atomic E-state index is 13.2. The first-order valence-corrected chi connectivity index (χ1v) is 11.6. The number of nitrogens with one attached hydrogen (secondary N) is 1. The van der Waals surface area contributed by atoms with E-state index in [1.165, 1.54) is 0 Å². The lowest BCUT2D eigenvalue weighted by Gasteiger charge is -2.29. The Morgan fingerprint density at radius 3 is 2.62 bits per heavy atom. The summed E-state index contributed by atoms with van der Waals surface area (Å²) in [7, 11) is 0. The summed E-state index contributed by atoms with van der Waals surface area (Å²) < 4.78 is 6.70. The molecule has 5 nitrogen and oxygen atoms in total. The van der Waals surface area contributed by atoms with Gasteiger partial charge in [-0.15, -0.1) is 0 Å². The second-order valence-corrected chi connectivity index (χ2v) is 8.66. The Morgan fingerprint density at radius 2 is 1.88 bits per heavy atom. The first-order chi connectivity index (χ1) is 15.4. The van der Waals surface area contributed by atoms with E-state index in [-0.39, 0.29) is 18.4 Å². The number of carbonyl (C=O) groups excluding carboxylic acids is 2. The molecule has 0 saturated heterocycles. The van der Waals surface area contributed by atoms with Crippen LogP contribution in [0.15, 0.2) is 65.1 Å². The Hall–Kier alpha value is -2.86. The largest absolute Gasteiger partial charge is 0.483 e. The van der Waals surface area contributed by atoms with Crippen LogP contribution in [-0.4, -0.2) is 35.9 Å². The second kappa shape index (κ2) is 11.1. The van der Waals surface area contributed by atoms with Crippen molar-refractivity contribution in [2.75, 3.05) is 13.2 Å². The number of aryl methyl sites for hydroxylation is 1. The molecule has 0 aliphatic heterocycles. The molecule has 2 amide bonds. The van der Waals surface area contributed by atoms with E-state index in [2.05, 4.69) is 21.2 Å². The van der Waals surface area contributed by atoms with E-state index in [9.17, 15) is 9.59 Å². The predicted molar refractivity (Wildman–Crippen MR) is 132 cm³/mol. The minimum Gasteiger partial charge on any atom is -0.483 e. The van der Waals surface area contributed by atoms with E-state index in [0.29, 0.717) is 18.8 Å². The second-order valence-electron chi connectivity index (χ2n) is 7.87. The van der Waals surface area contributed by atoms with Crippen LogP contribution in [0.3, 0.4) is 0 Å². The molecule has 3 aromatic rings. The highest BCUT2D eigenvalue weighted by atomic mass is 79.9. The molecule has 3 aromatic carbocycles. The molecule has 0 saturated carbocycles. The minimum absolute atomic E-state index is 0.159. The van der Waals surface area contributed by atoms with Crippen molar-refractivity contribution < 1.29 is 14.3 Å². The fraction of sp³-hybridized carbons (Fsp3) is 0.308. The Kier molecular flexibility index (Phi) is 8.28. The average molecular weight is 497 g/mol. The molecule has 0 aliphatic rings. The summed E-state index contributed by atoms with van der Waals surface area (Å²) in [6, 6.07) is 19.1. The summed E-state index contributed by atoms with van der Waals surface area (Å²) >= 11 is 3.60. The molecular formula is C26H29BrN2O3. The van der Waals surface area contributed by atoms with Gasteiger partial charge in [0.2, 0.25) is 5.91 Å². The third-order valence-corrected chi connectivity index (χ3v) is 6.15. The number of amides is 2. The van der Waals surface area contributed by atoms with Crippen molar-refractivity contribution in [1.29, 1.82) is 0 Å². The summed E-state index contributed by atoms with van der Waals surface area (Å²) in [4.78, 5) is 27.4. The lowest BCUT2D eigenvalue weighted by atomic mass is 10.1. The molecule has 0 spiro atoms. The number of nitrogens with zero attached hydrogens (tertiary/aromatic N) is 1. The van der Waals surface area contributed by atoms with Crippen LogP contribution in [0.1, 0.15) is 31.4 Å². The van der Waals surface area contributed by atoms with E-state index in [0.717, 1.165) is 32.8 Å². The maximum atomic E-state index is 13.2. The highest BCUT2D eigenvalue weighted by molar-refractivity contribution is 9.10. The molecule has 3 rings (SSSR count). The summed E-state index contributed by atoms with van der Waals surface area (Å²) in [6.07, 6.45) is 0.837. The summed E-state index contributed by atoms with van der Waals surface area (Å²) in [5.41, 5.74) is 2.08. The average Bonchev–Trinajstić information content (AvgIpc) is 2.80. The van der Waals surface area contributed by atoms with Crippen molar-refractivity contribution in [2.45, 2.75) is 39.8 Å². The standard InChI is InChI=1S/C26H29BrN2O3/c1-4-14-28-26(31)19(3)29(16-20-9-7-8-18(2)15-20)24(30)17-32-23-13-12-21-10-5-6-11-22(21)25(23)27/h5-13,15,19H,4,14,16-17H2,1-3H3,(H,28,31)/t19-/m0/s1. The first kappa shape index (κ1) is 23.8. The molecule has 0 fully saturated rings. The summed E-state index contributed by atoms with van der Waals surface area (Å²) in [5, 5.41) is 4.99. The van der Waals surface area contributed by atoms with Gasteiger partial charge >= 0.3 is 0 Å². The van der Waals surface area contributed by atoms with Gasteiger partial charge in [-0.05, 0) is 58.6 Å². The lowest BCUT2D eigenvalue weighted by molar-refractivity contribution is -0.142. The number of rotatable bonds is 9. The number of carbonyl (C=O) groups is 2. The zero-order valence-corrected chi connectivity index (χ0v) is 20.3. The molecule has 0 aromatic heterocycles. The Balaban J connectivity index is 1.78. The zero-order valence-electron chi connectivity index (χ0n) is 18.7. The zero-order chi connectivity index (χ0) is 23.1. The van der Waals surface area contributed by atoms with Crippen LogP contribution >= 0.6 is 15.9 Å². The minimum atomic E-state index is -0.613. The van der Waals surface area contributed by atoms with Crippen molar-refractivity contribution >= 4 is 38.5 Å². The van der Waals surface area contributed by atoms with Gasteiger partial charge in [-0.25, -0.2) is 0 Å². The van der Waals surface area contributed by atoms with Gasteiger partial charge in [-0.2, -0.15) is 0 Å². The Labute approximate surface area is 197 Å². The van der Waals surface area contributed by atoms with Crippen LogP contribution in [0.2, 0.25) is 0 Å². The molecular weight excluding hydrogens is 468 g/mol. The van der Waals surface area contributed by atoms with Gasteiger partial charge in [0.15, 0.2) is 6.61 Å². The number of halogens is 1. The van der Waals surface area contributed by atoms with Crippen LogP contribution in [-0.2, 0) is 16.1 Å². The first-order valence-electron chi connectivity index (χ1n) is 10.8. The molecule has 32 heavy (non-hydrogen) atoms. The molecule has 168 valence electrons. The molecule has 0 heterocycles. The summed E-state index contributed by atoms with van der Waals surface area (Å²) in [5.74, 6) is 0.182. The molecule has 1 atom stereocenters. The van der Waals surface area contributed by atoms with Crippen molar-refractivity contribution in [1.82, 2.24) is 10.2 Å². The van der Waals surface area contributed by atoms with Crippen LogP contribution in [0.4, 0.5) is 0 Å². The van der Waals surface area contributed by atoms with Crippen LogP contribution in [0.5, 0.6) is 5.75 Å². The highest BCUT2D eigenvalue weighted by Gasteiger charge is 2.26. The molecule has 0 radical (unpaired) electrons. The van der Waals surface area contributed by atoms with Gasteiger partial charge in [0.25, 0.3) is 5.91 Å². The Morgan fingerprint density at radius 1 is 1.09 bits per heavy atom. The summed E-state index contributed by atoms with van der Waals surface area (Å²) in [6.45, 7) is 6.52. The van der Waals surface area contributed by atoms with Gasteiger partial charge in [-0.3, -0.25) is 9.59 Å². The van der Waals surface area contributed by atoms with E-state index in [1.54, 1.807) is 11.8 Å². The fourth-order valence-corrected chi connectivity index (χ4v) is 4.14. The van der Waals surface area contributed by atoms with Gasteiger partial charge in [0.1, 0.15) is 11.8 Å². The lowest BCUT2D eigenvalue weighted by Crippen LogP contribution is -2.49. The molecule has 1 N–H and O–H groups in total. The third kappa shape index (κ3) is 5.88. The van der Waals surface area contributed by atoms with Crippen LogP contribution < -0.4 is 10.1 Å². The number of hydrogen-bond acceptors (Lipinski definition) is 3. The number of ether oxygens (including phenoxy) is 1. The smallest absolute Gasteiger partial charge is 0.261 e.